The predicted molar refractivity (Wildman–Crippen MR) is 97.9 cm³/mol. The summed E-state index contributed by atoms with van der Waals surface area (Å²) in [7, 11) is -3.65. The Morgan fingerprint density at radius 3 is 2.46 bits per heavy atom. The molecular weight excluding hydrogens is 356 g/mol. The number of hydrogen-bond donors (Lipinski definition) is 1. The highest BCUT2D eigenvalue weighted by Gasteiger charge is 2.23. The second-order valence-corrected chi connectivity index (χ2v) is 7.77. The highest BCUT2D eigenvalue weighted by molar-refractivity contribution is 7.92. The Hall–Kier alpha value is -2.74. The van der Waals surface area contributed by atoms with E-state index >= 15 is 0 Å². The molecule has 0 fully saturated rings. The molecule has 0 radical (unpaired) electrons. The van der Waals surface area contributed by atoms with Crippen LogP contribution in [-0.4, -0.2) is 40.3 Å². The summed E-state index contributed by atoms with van der Waals surface area (Å²) in [6.45, 7) is 0.862. The number of anilines is 1. The van der Waals surface area contributed by atoms with Gasteiger partial charge in [0, 0.05) is 12.6 Å². The molecule has 8 heteroatoms. The van der Waals surface area contributed by atoms with Gasteiger partial charge in [0.25, 0.3) is 0 Å². The minimum absolute atomic E-state index is 0.314. The van der Waals surface area contributed by atoms with E-state index in [1.165, 1.54) is 0 Å². The summed E-state index contributed by atoms with van der Waals surface area (Å²) in [5, 5.41) is 2.73. The summed E-state index contributed by atoms with van der Waals surface area (Å²) in [4.78, 5) is 12.3. The van der Waals surface area contributed by atoms with Crippen molar-refractivity contribution in [2.75, 3.05) is 30.3 Å². The topological polar surface area (TPSA) is 84.9 Å². The number of carbonyl (C=O) groups excluding carboxylic acids is 1. The summed E-state index contributed by atoms with van der Waals surface area (Å²) < 4.78 is 36.3. The van der Waals surface area contributed by atoms with E-state index in [-0.39, 0.29) is 6.54 Å². The molecule has 1 heterocycles. The van der Waals surface area contributed by atoms with E-state index in [0.29, 0.717) is 36.9 Å². The van der Waals surface area contributed by atoms with E-state index < -0.39 is 15.9 Å². The Bertz CT molecular complexity index is 884. The van der Waals surface area contributed by atoms with Crippen LogP contribution >= 0.6 is 0 Å². The number of carbonyl (C=O) groups is 1. The van der Waals surface area contributed by atoms with E-state index in [1.807, 2.05) is 30.3 Å². The van der Waals surface area contributed by atoms with Gasteiger partial charge >= 0.3 is 0 Å². The van der Waals surface area contributed by atoms with E-state index in [4.69, 9.17) is 9.47 Å². The summed E-state index contributed by atoms with van der Waals surface area (Å²) in [5.41, 5.74) is 1.29. The molecule has 2 aromatic carbocycles. The number of fused-ring (bicyclic) bond motifs is 1. The Kier molecular flexibility index (Phi) is 5.32. The van der Waals surface area contributed by atoms with Crippen molar-refractivity contribution in [3.63, 3.8) is 0 Å². The first kappa shape index (κ1) is 18.1. The van der Waals surface area contributed by atoms with Crippen LogP contribution < -0.4 is 19.1 Å². The lowest BCUT2D eigenvalue weighted by Gasteiger charge is -2.24. The largest absolute Gasteiger partial charge is 0.486 e. The zero-order valence-electron chi connectivity index (χ0n) is 14.3. The second-order valence-electron chi connectivity index (χ2n) is 5.86. The van der Waals surface area contributed by atoms with Crippen molar-refractivity contribution in [2.45, 2.75) is 6.54 Å². The van der Waals surface area contributed by atoms with Crippen LogP contribution in [0.4, 0.5) is 5.69 Å². The summed E-state index contributed by atoms with van der Waals surface area (Å²) in [5.74, 6) is 0.628. The molecule has 7 nitrogen and oxygen atoms in total. The average molecular weight is 376 g/mol. The van der Waals surface area contributed by atoms with Gasteiger partial charge in [-0.1, -0.05) is 30.3 Å². The van der Waals surface area contributed by atoms with Crippen LogP contribution in [0.1, 0.15) is 5.56 Å². The number of amides is 1. The number of hydrogen-bond acceptors (Lipinski definition) is 5. The Labute approximate surface area is 152 Å². The third kappa shape index (κ3) is 4.45. The molecule has 0 saturated heterocycles. The van der Waals surface area contributed by atoms with Crippen molar-refractivity contribution in [3.05, 3.63) is 54.1 Å². The first-order valence-electron chi connectivity index (χ1n) is 8.11. The van der Waals surface area contributed by atoms with E-state index in [0.717, 1.165) is 16.1 Å². The third-order valence-electron chi connectivity index (χ3n) is 3.83. The maximum atomic E-state index is 12.3. The van der Waals surface area contributed by atoms with E-state index in [9.17, 15) is 13.2 Å². The first-order chi connectivity index (χ1) is 12.4. The molecule has 0 aromatic heterocycles. The van der Waals surface area contributed by atoms with Crippen molar-refractivity contribution < 1.29 is 22.7 Å². The SMILES string of the molecule is CS(=O)(=O)N(CC(=O)NCc1ccccc1)c1ccc2c(c1)OCCO2. The quantitative estimate of drug-likeness (QED) is 0.827. The lowest BCUT2D eigenvalue weighted by molar-refractivity contribution is -0.119. The van der Waals surface area contributed by atoms with Crippen LogP contribution in [0, 0.1) is 0 Å². The van der Waals surface area contributed by atoms with Gasteiger partial charge in [-0.25, -0.2) is 8.42 Å². The number of benzene rings is 2. The molecular formula is C18H20N2O5S. The molecule has 2 aromatic rings. The predicted octanol–water partition coefficient (Wildman–Crippen LogP) is 1.54. The van der Waals surface area contributed by atoms with Crippen LogP contribution in [0.2, 0.25) is 0 Å². The number of sulfonamides is 1. The Balaban J connectivity index is 1.73. The van der Waals surface area contributed by atoms with Gasteiger partial charge in [0.2, 0.25) is 15.9 Å². The molecule has 1 aliphatic rings. The number of nitrogens with zero attached hydrogens (tertiary/aromatic N) is 1. The van der Waals surface area contributed by atoms with Crippen LogP contribution in [-0.2, 0) is 21.4 Å². The number of ether oxygens (including phenoxy) is 2. The summed E-state index contributed by atoms with van der Waals surface area (Å²) >= 11 is 0. The minimum atomic E-state index is -3.65. The lowest BCUT2D eigenvalue weighted by Crippen LogP contribution is -2.40. The van der Waals surface area contributed by atoms with Crippen molar-refractivity contribution in [3.8, 4) is 11.5 Å². The van der Waals surface area contributed by atoms with E-state index in [2.05, 4.69) is 5.32 Å². The van der Waals surface area contributed by atoms with Gasteiger partial charge in [0.15, 0.2) is 11.5 Å². The molecule has 1 aliphatic heterocycles. The van der Waals surface area contributed by atoms with Crippen LogP contribution in [0.15, 0.2) is 48.5 Å². The highest BCUT2D eigenvalue weighted by Crippen LogP contribution is 2.34. The first-order valence-corrected chi connectivity index (χ1v) is 9.96. The van der Waals surface area contributed by atoms with Crippen molar-refractivity contribution in [2.24, 2.45) is 0 Å². The molecule has 1 amide bonds. The number of rotatable bonds is 6. The van der Waals surface area contributed by atoms with Gasteiger partial charge in [-0.05, 0) is 17.7 Å². The lowest BCUT2D eigenvalue weighted by atomic mass is 10.2. The summed E-state index contributed by atoms with van der Waals surface area (Å²) in [6.07, 6.45) is 1.06. The molecule has 26 heavy (non-hydrogen) atoms. The Morgan fingerprint density at radius 2 is 1.77 bits per heavy atom. The fraction of sp³-hybridized carbons (Fsp3) is 0.278. The Morgan fingerprint density at radius 1 is 1.08 bits per heavy atom. The maximum Gasteiger partial charge on any atom is 0.241 e. The third-order valence-corrected chi connectivity index (χ3v) is 4.97. The normalized spacial score (nSPS) is 13.1. The van der Waals surface area contributed by atoms with Gasteiger partial charge in [-0.15, -0.1) is 0 Å². The smallest absolute Gasteiger partial charge is 0.241 e. The van der Waals surface area contributed by atoms with Gasteiger partial charge in [-0.2, -0.15) is 0 Å². The maximum absolute atomic E-state index is 12.3. The fourth-order valence-electron chi connectivity index (χ4n) is 2.57. The van der Waals surface area contributed by atoms with Gasteiger partial charge in [0.05, 0.1) is 11.9 Å². The van der Waals surface area contributed by atoms with Gasteiger partial charge in [0.1, 0.15) is 19.8 Å². The summed E-state index contributed by atoms with van der Waals surface area (Å²) in [6, 6.07) is 14.2. The zero-order chi connectivity index (χ0) is 18.6. The van der Waals surface area contributed by atoms with Crippen molar-refractivity contribution in [1.82, 2.24) is 5.32 Å². The van der Waals surface area contributed by atoms with Crippen LogP contribution in [0.3, 0.4) is 0 Å². The van der Waals surface area contributed by atoms with Crippen LogP contribution in [0.5, 0.6) is 11.5 Å². The molecule has 0 spiro atoms. The van der Waals surface area contributed by atoms with Crippen molar-refractivity contribution >= 4 is 21.6 Å². The molecule has 0 bridgehead atoms. The second kappa shape index (κ2) is 7.65. The molecule has 0 saturated carbocycles. The van der Waals surface area contributed by atoms with Gasteiger partial charge < -0.3 is 14.8 Å². The monoisotopic (exact) mass is 376 g/mol. The van der Waals surface area contributed by atoms with E-state index in [1.54, 1.807) is 18.2 Å². The minimum Gasteiger partial charge on any atom is -0.486 e. The average Bonchev–Trinajstić information content (AvgIpc) is 2.64. The fourth-order valence-corrected chi connectivity index (χ4v) is 3.42. The molecule has 138 valence electrons. The molecule has 3 rings (SSSR count). The van der Waals surface area contributed by atoms with Gasteiger partial charge in [-0.3, -0.25) is 9.10 Å². The highest BCUT2D eigenvalue weighted by atomic mass is 32.2. The van der Waals surface area contributed by atoms with Crippen LogP contribution in [0.25, 0.3) is 0 Å². The molecule has 1 N–H and O–H groups in total. The molecule has 0 aliphatic carbocycles. The standard InChI is InChI=1S/C18H20N2O5S/c1-26(22,23)20(13-18(21)19-12-14-5-3-2-4-6-14)15-7-8-16-17(11-15)25-10-9-24-16/h2-8,11H,9-10,12-13H2,1H3,(H,19,21). The van der Waals surface area contributed by atoms with Crippen molar-refractivity contribution in [1.29, 1.82) is 0 Å². The molecule has 0 atom stereocenters. The molecule has 0 unspecified atom stereocenters. The zero-order valence-corrected chi connectivity index (χ0v) is 15.2. The number of nitrogens with one attached hydrogen (secondary N) is 1.